The van der Waals surface area contributed by atoms with Gasteiger partial charge < -0.3 is 4.42 Å². The van der Waals surface area contributed by atoms with Crippen LogP contribution in [0, 0.1) is 0 Å². The summed E-state index contributed by atoms with van der Waals surface area (Å²) < 4.78 is 4.37. The van der Waals surface area contributed by atoms with Crippen molar-refractivity contribution in [1.29, 1.82) is 0 Å². The lowest BCUT2D eigenvalue weighted by molar-refractivity contribution is 0.511. The molecule has 0 spiro atoms. The number of fused-ring (bicyclic) bond motifs is 5. The number of rotatable bonds is 1. The molecule has 136 valence electrons. The van der Waals surface area contributed by atoms with Crippen LogP contribution in [0.1, 0.15) is 36.5 Å². The number of hydrogen-bond acceptors (Lipinski definition) is 2. The van der Waals surface area contributed by atoms with Crippen LogP contribution >= 0.6 is 0 Å². The molecule has 0 unspecified atom stereocenters. The van der Waals surface area contributed by atoms with Crippen molar-refractivity contribution in [1.82, 2.24) is 0 Å². The van der Waals surface area contributed by atoms with E-state index in [1.165, 1.54) is 65.1 Å². The van der Waals surface area contributed by atoms with Crippen molar-refractivity contribution in [2.45, 2.75) is 39.0 Å². The number of benzene rings is 3. The first kappa shape index (κ1) is 17.5. The van der Waals surface area contributed by atoms with E-state index >= 15 is 0 Å². The van der Waals surface area contributed by atoms with E-state index in [1.54, 1.807) is 23.3 Å². The Hall–Kier alpha value is -2.87. The zero-order chi connectivity index (χ0) is 18.6. The zero-order valence-corrected chi connectivity index (χ0v) is 15.7. The highest BCUT2D eigenvalue weighted by molar-refractivity contribution is 6.10. The van der Waals surface area contributed by atoms with Crippen LogP contribution in [0.3, 0.4) is 0 Å². The third-order valence-electron chi connectivity index (χ3n) is 5.45. The number of hydrogen-bond donors (Lipinski definition) is 0. The van der Waals surface area contributed by atoms with Gasteiger partial charge in [0.05, 0.1) is 6.26 Å². The summed E-state index contributed by atoms with van der Waals surface area (Å²) in [5.74, 6) is 0. The lowest BCUT2D eigenvalue weighted by Gasteiger charge is -2.20. The predicted molar refractivity (Wildman–Crippen MR) is 112 cm³/mol. The first-order chi connectivity index (χ1) is 13.3. The maximum absolute atomic E-state index is 10.1. The summed E-state index contributed by atoms with van der Waals surface area (Å²) in [4.78, 5) is 10.1. The van der Waals surface area contributed by atoms with Crippen molar-refractivity contribution in [3.05, 3.63) is 94.0 Å². The molecular weight excluding hydrogens is 332 g/mol. The molecule has 2 heteroatoms. The minimum atomic E-state index is -0.303. The summed E-state index contributed by atoms with van der Waals surface area (Å²) in [6, 6.07) is 20.7. The smallest absolute Gasteiger partial charge is 0.335 e. The van der Waals surface area contributed by atoms with Crippen molar-refractivity contribution in [3.8, 4) is 0 Å². The Morgan fingerprint density at radius 2 is 1.56 bits per heavy atom. The molecule has 0 saturated heterocycles. The van der Waals surface area contributed by atoms with Gasteiger partial charge >= 0.3 is 5.63 Å². The van der Waals surface area contributed by atoms with Crippen LogP contribution in [0.4, 0.5) is 0 Å². The van der Waals surface area contributed by atoms with Crippen molar-refractivity contribution < 1.29 is 4.42 Å². The van der Waals surface area contributed by atoms with Crippen LogP contribution in [-0.4, -0.2) is 0 Å². The minimum Gasteiger partial charge on any atom is -0.431 e. The van der Waals surface area contributed by atoms with Crippen molar-refractivity contribution >= 4 is 21.5 Å². The van der Waals surface area contributed by atoms with Crippen molar-refractivity contribution in [3.63, 3.8) is 0 Å². The summed E-state index contributed by atoms with van der Waals surface area (Å²) in [6.07, 6.45) is 7.68. The van der Waals surface area contributed by atoms with Gasteiger partial charge in [-0.25, -0.2) is 4.79 Å². The van der Waals surface area contributed by atoms with Crippen LogP contribution in [-0.2, 0) is 19.3 Å². The standard InChI is InChI=1S/C20H20.C5H4O2/c1-2-14-13-20-17-9-4-3-7-15(17)11-12-19(20)18-10-6-5-8-16(14)18;6-5-3-1-2-4-7-5/h5-6,8,10-13H,2-4,7,9H2,1H3;1-4H. The van der Waals surface area contributed by atoms with Gasteiger partial charge in [-0.2, -0.15) is 0 Å². The van der Waals surface area contributed by atoms with Gasteiger partial charge in [-0.05, 0) is 76.4 Å². The highest BCUT2D eigenvalue weighted by Crippen LogP contribution is 2.35. The molecule has 0 radical (unpaired) electrons. The van der Waals surface area contributed by atoms with Gasteiger partial charge in [0.2, 0.25) is 0 Å². The average Bonchev–Trinajstić information content (AvgIpc) is 2.74. The minimum absolute atomic E-state index is 0.303. The first-order valence-electron chi connectivity index (χ1n) is 9.77. The Labute approximate surface area is 159 Å². The molecule has 0 aliphatic heterocycles. The molecule has 0 saturated carbocycles. The molecule has 0 N–H and O–H groups in total. The molecule has 0 amide bonds. The summed E-state index contributed by atoms with van der Waals surface area (Å²) in [6.45, 7) is 2.27. The summed E-state index contributed by atoms with van der Waals surface area (Å²) in [5.41, 5.74) is 4.39. The molecule has 0 fully saturated rings. The Bertz CT molecular complexity index is 1120. The van der Waals surface area contributed by atoms with Crippen LogP contribution < -0.4 is 5.63 Å². The zero-order valence-electron chi connectivity index (χ0n) is 15.7. The fourth-order valence-electron chi connectivity index (χ4n) is 4.12. The quantitative estimate of drug-likeness (QED) is 0.387. The third-order valence-corrected chi connectivity index (χ3v) is 5.45. The highest BCUT2D eigenvalue weighted by Gasteiger charge is 2.14. The molecule has 2 nitrogen and oxygen atoms in total. The molecule has 27 heavy (non-hydrogen) atoms. The second kappa shape index (κ2) is 7.79. The predicted octanol–water partition coefficient (Wildman–Crippen LogP) is 6.07. The van der Waals surface area contributed by atoms with E-state index in [2.05, 4.69) is 53.8 Å². The maximum Gasteiger partial charge on any atom is 0.335 e. The Morgan fingerprint density at radius 3 is 2.26 bits per heavy atom. The maximum atomic E-state index is 10.1. The molecule has 0 bridgehead atoms. The molecule has 1 heterocycles. The van der Waals surface area contributed by atoms with E-state index < -0.39 is 0 Å². The van der Waals surface area contributed by atoms with Crippen molar-refractivity contribution in [2.75, 3.05) is 0 Å². The normalized spacial score (nSPS) is 13.1. The average molecular weight is 356 g/mol. The Balaban J connectivity index is 0.000000218. The fraction of sp³-hybridized carbons (Fsp3) is 0.240. The fourth-order valence-corrected chi connectivity index (χ4v) is 4.12. The van der Waals surface area contributed by atoms with Gasteiger partial charge in [-0.3, -0.25) is 0 Å². The van der Waals surface area contributed by atoms with E-state index in [4.69, 9.17) is 0 Å². The van der Waals surface area contributed by atoms with Crippen LogP contribution in [0.15, 0.2) is 76.1 Å². The second-order valence-corrected chi connectivity index (χ2v) is 7.06. The Morgan fingerprint density at radius 1 is 0.815 bits per heavy atom. The van der Waals surface area contributed by atoms with Crippen LogP contribution in [0.5, 0.6) is 0 Å². The van der Waals surface area contributed by atoms with Gasteiger partial charge in [0.1, 0.15) is 0 Å². The van der Waals surface area contributed by atoms with E-state index in [0.717, 1.165) is 6.42 Å². The molecule has 0 atom stereocenters. The topological polar surface area (TPSA) is 30.2 Å². The Kier molecular flexibility index (Phi) is 5.06. The van der Waals surface area contributed by atoms with Crippen LogP contribution in [0.2, 0.25) is 0 Å². The molecule has 1 aliphatic rings. The number of aryl methyl sites for hydroxylation is 3. The molecule has 4 aromatic rings. The van der Waals surface area contributed by atoms with E-state index in [0.29, 0.717) is 0 Å². The molecule has 1 aromatic heterocycles. The highest BCUT2D eigenvalue weighted by atomic mass is 16.4. The van der Waals surface area contributed by atoms with E-state index in [1.807, 2.05) is 0 Å². The largest absolute Gasteiger partial charge is 0.431 e. The van der Waals surface area contributed by atoms with Gasteiger partial charge in [0.15, 0.2) is 0 Å². The van der Waals surface area contributed by atoms with Crippen molar-refractivity contribution in [2.24, 2.45) is 0 Å². The third kappa shape index (κ3) is 3.52. The molecule has 1 aliphatic carbocycles. The molecule has 3 aromatic carbocycles. The summed E-state index contributed by atoms with van der Waals surface area (Å²) in [5, 5.41) is 5.81. The van der Waals surface area contributed by atoms with E-state index in [9.17, 15) is 4.79 Å². The monoisotopic (exact) mass is 356 g/mol. The SMILES string of the molecule is CCc1cc2c3c(ccc2c2ccccc12)CCCC3.O=c1cccco1. The van der Waals surface area contributed by atoms with Gasteiger partial charge in [0.25, 0.3) is 0 Å². The van der Waals surface area contributed by atoms with E-state index in [-0.39, 0.29) is 5.63 Å². The second-order valence-electron chi connectivity index (χ2n) is 7.06. The van der Waals surface area contributed by atoms with Crippen LogP contribution in [0.25, 0.3) is 21.5 Å². The van der Waals surface area contributed by atoms with Gasteiger partial charge in [-0.15, -0.1) is 0 Å². The van der Waals surface area contributed by atoms with Gasteiger partial charge in [-0.1, -0.05) is 55.5 Å². The lowest BCUT2D eigenvalue weighted by atomic mass is 9.85. The van der Waals surface area contributed by atoms with Gasteiger partial charge in [0, 0.05) is 6.07 Å². The first-order valence-corrected chi connectivity index (χ1v) is 9.77. The lowest BCUT2D eigenvalue weighted by Crippen LogP contribution is -2.03. The molecular formula is C25H24O2. The summed E-state index contributed by atoms with van der Waals surface area (Å²) >= 11 is 0. The summed E-state index contributed by atoms with van der Waals surface area (Å²) in [7, 11) is 0. The molecule has 5 rings (SSSR count).